The Morgan fingerprint density at radius 2 is 1.82 bits per heavy atom. The molecule has 1 aliphatic heterocycles. The van der Waals surface area contributed by atoms with Gasteiger partial charge >= 0.3 is 0 Å². The van der Waals surface area contributed by atoms with Crippen molar-refractivity contribution in [3.05, 3.63) is 83.8 Å². The van der Waals surface area contributed by atoms with Gasteiger partial charge in [0, 0.05) is 57.1 Å². The van der Waals surface area contributed by atoms with E-state index in [1.54, 1.807) is 31.4 Å². The molecule has 0 aliphatic carbocycles. The molecule has 1 aromatic heterocycles. The summed E-state index contributed by atoms with van der Waals surface area (Å²) >= 11 is 0. The number of pyridine rings is 1. The summed E-state index contributed by atoms with van der Waals surface area (Å²) in [5.41, 5.74) is 2.99. The summed E-state index contributed by atoms with van der Waals surface area (Å²) in [6, 6.07) is 17.6. The van der Waals surface area contributed by atoms with Gasteiger partial charge in [0.05, 0.1) is 0 Å². The lowest BCUT2D eigenvalue weighted by Gasteiger charge is -2.16. The van der Waals surface area contributed by atoms with Crippen molar-refractivity contribution in [2.75, 3.05) is 18.5 Å². The number of carbonyl (C=O) groups excluding carboxylic acids is 1. The Bertz CT molecular complexity index is 1120. The highest BCUT2D eigenvalue weighted by Crippen LogP contribution is 2.22. The van der Waals surface area contributed by atoms with Crippen molar-refractivity contribution < 1.29 is 13.9 Å². The molecule has 0 saturated carbocycles. The molecule has 1 amide bonds. The van der Waals surface area contributed by atoms with Gasteiger partial charge in [-0.05, 0) is 41.8 Å². The van der Waals surface area contributed by atoms with Crippen molar-refractivity contribution in [3.63, 3.8) is 0 Å². The molecule has 2 aromatic carbocycles. The van der Waals surface area contributed by atoms with E-state index in [-0.39, 0.29) is 35.7 Å². The zero-order valence-corrected chi connectivity index (χ0v) is 21.2. The number of hydrogen-bond acceptors (Lipinski definition) is 4. The van der Waals surface area contributed by atoms with E-state index < -0.39 is 0 Å². The number of carbonyl (C=O) groups is 1. The van der Waals surface area contributed by atoms with Crippen LogP contribution in [-0.2, 0) is 17.9 Å². The molecule has 0 radical (unpaired) electrons. The van der Waals surface area contributed by atoms with Gasteiger partial charge in [0.15, 0.2) is 5.96 Å². The van der Waals surface area contributed by atoms with E-state index in [1.165, 1.54) is 12.1 Å². The molecule has 9 heteroatoms. The number of ether oxygens (including phenoxy) is 1. The molecule has 4 rings (SSSR count). The average Bonchev–Trinajstić information content (AvgIpc) is 3.26. The van der Waals surface area contributed by atoms with Crippen LogP contribution in [0, 0.1) is 5.82 Å². The summed E-state index contributed by atoms with van der Waals surface area (Å²) in [5, 5.41) is 6.53. The fourth-order valence-electron chi connectivity index (χ4n) is 3.53. The van der Waals surface area contributed by atoms with Crippen LogP contribution in [0.15, 0.2) is 71.9 Å². The second kappa shape index (κ2) is 12.3. The Morgan fingerprint density at radius 1 is 1.09 bits per heavy atom. The largest absolute Gasteiger partial charge is 0.439 e. The maximum Gasteiger partial charge on any atom is 0.227 e. The average molecular weight is 575 g/mol. The van der Waals surface area contributed by atoms with E-state index >= 15 is 0 Å². The Morgan fingerprint density at radius 3 is 2.44 bits per heavy atom. The monoisotopic (exact) mass is 575 g/mol. The topological polar surface area (TPSA) is 78.9 Å². The van der Waals surface area contributed by atoms with Gasteiger partial charge in [0.25, 0.3) is 0 Å². The number of rotatable bonds is 7. The number of guanidine groups is 1. The SMILES string of the molecule is CN=C(NCc1ccc(N2CCCC2=O)cc1)NCc1ccc(Oc2cccc(F)c2)nc1.I. The molecule has 1 fully saturated rings. The fraction of sp³-hybridized carbons (Fsp3) is 0.240. The number of hydrogen-bond donors (Lipinski definition) is 2. The second-order valence-corrected chi connectivity index (χ2v) is 7.66. The molecule has 2 heterocycles. The third-order valence-electron chi connectivity index (χ3n) is 5.28. The predicted molar refractivity (Wildman–Crippen MR) is 141 cm³/mol. The molecular formula is C25H27FIN5O2. The van der Waals surface area contributed by atoms with Gasteiger partial charge in [-0.1, -0.05) is 24.3 Å². The number of halogens is 2. The standard InChI is InChI=1S/C25H26FN5O2.HI/c1-27-25(29-15-18-7-10-21(11-8-18)31-13-3-6-24(31)32)30-17-19-9-12-23(28-16-19)33-22-5-2-4-20(26)14-22;/h2,4-5,7-12,14,16H,3,6,13,15,17H2,1H3,(H2,27,29,30);1H. The maximum absolute atomic E-state index is 13.3. The number of anilines is 1. The molecule has 34 heavy (non-hydrogen) atoms. The van der Waals surface area contributed by atoms with Crippen LogP contribution in [-0.4, -0.2) is 30.4 Å². The fourth-order valence-corrected chi connectivity index (χ4v) is 3.53. The first-order chi connectivity index (χ1) is 16.1. The van der Waals surface area contributed by atoms with Crippen LogP contribution < -0.4 is 20.3 Å². The van der Waals surface area contributed by atoms with Crippen LogP contribution in [0.2, 0.25) is 0 Å². The minimum atomic E-state index is -0.357. The lowest BCUT2D eigenvalue weighted by atomic mass is 10.2. The minimum Gasteiger partial charge on any atom is -0.439 e. The number of nitrogens with one attached hydrogen (secondary N) is 2. The normalized spacial score (nSPS) is 13.4. The number of aromatic nitrogens is 1. The Balaban J connectivity index is 0.00000324. The molecule has 1 saturated heterocycles. The van der Waals surface area contributed by atoms with Crippen molar-refractivity contribution in [1.82, 2.24) is 15.6 Å². The molecule has 0 bridgehead atoms. The quantitative estimate of drug-likeness (QED) is 0.244. The molecule has 0 spiro atoms. The molecule has 1 aliphatic rings. The molecule has 0 atom stereocenters. The van der Waals surface area contributed by atoms with E-state index in [2.05, 4.69) is 20.6 Å². The molecular weight excluding hydrogens is 548 g/mol. The highest BCUT2D eigenvalue weighted by Gasteiger charge is 2.21. The first-order valence-electron chi connectivity index (χ1n) is 10.8. The van der Waals surface area contributed by atoms with Crippen molar-refractivity contribution in [1.29, 1.82) is 0 Å². The van der Waals surface area contributed by atoms with Gasteiger partial charge in [-0.25, -0.2) is 9.37 Å². The van der Waals surface area contributed by atoms with Crippen LogP contribution in [0.5, 0.6) is 11.6 Å². The number of nitrogens with zero attached hydrogens (tertiary/aromatic N) is 3. The lowest BCUT2D eigenvalue weighted by molar-refractivity contribution is -0.117. The van der Waals surface area contributed by atoms with Crippen LogP contribution in [0.4, 0.5) is 10.1 Å². The number of amides is 1. The highest BCUT2D eigenvalue weighted by molar-refractivity contribution is 14.0. The Hall–Kier alpha value is -3.21. The zero-order chi connectivity index (χ0) is 23.0. The van der Waals surface area contributed by atoms with Crippen LogP contribution >= 0.6 is 24.0 Å². The predicted octanol–water partition coefficient (Wildman–Crippen LogP) is 4.62. The molecule has 178 valence electrons. The van der Waals surface area contributed by atoms with E-state index in [0.717, 1.165) is 29.8 Å². The molecule has 0 unspecified atom stereocenters. The maximum atomic E-state index is 13.3. The Kier molecular flexibility index (Phi) is 9.20. The summed E-state index contributed by atoms with van der Waals surface area (Å²) in [5.74, 6) is 1.29. The number of aliphatic imine (C=N–C) groups is 1. The Labute approximate surface area is 215 Å². The highest BCUT2D eigenvalue weighted by atomic mass is 127. The summed E-state index contributed by atoms with van der Waals surface area (Å²) in [6.45, 7) is 1.93. The number of benzene rings is 2. The second-order valence-electron chi connectivity index (χ2n) is 7.66. The first kappa shape index (κ1) is 25.4. The van der Waals surface area contributed by atoms with Crippen LogP contribution in [0.3, 0.4) is 0 Å². The molecule has 2 N–H and O–H groups in total. The van der Waals surface area contributed by atoms with E-state index in [1.807, 2.05) is 35.2 Å². The molecule has 7 nitrogen and oxygen atoms in total. The van der Waals surface area contributed by atoms with E-state index in [4.69, 9.17) is 4.74 Å². The van der Waals surface area contributed by atoms with Crippen molar-refractivity contribution in [2.45, 2.75) is 25.9 Å². The summed E-state index contributed by atoms with van der Waals surface area (Å²) in [7, 11) is 1.71. The first-order valence-corrected chi connectivity index (χ1v) is 10.8. The van der Waals surface area contributed by atoms with Crippen molar-refractivity contribution in [3.8, 4) is 11.6 Å². The van der Waals surface area contributed by atoms with Crippen LogP contribution in [0.25, 0.3) is 0 Å². The van der Waals surface area contributed by atoms with Gasteiger partial charge in [-0.15, -0.1) is 24.0 Å². The van der Waals surface area contributed by atoms with Gasteiger partial charge in [0.2, 0.25) is 11.8 Å². The third kappa shape index (κ3) is 6.89. The van der Waals surface area contributed by atoms with Crippen molar-refractivity contribution >= 4 is 41.5 Å². The third-order valence-corrected chi connectivity index (χ3v) is 5.28. The van der Waals surface area contributed by atoms with Gasteiger partial charge in [-0.3, -0.25) is 9.79 Å². The van der Waals surface area contributed by atoms with Gasteiger partial charge < -0.3 is 20.3 Å². The summed E-state index contributed by atoms with van der Waals surface area (Å²) < 4.78 is 18.8. The van der Waals surface area contributed by atoms with Gasteiger partial charge in [0.1, 0.15) is 11.6 Å². The van der Waals surface area contributed by atoms with E-state index in [9.17, 15) is 9.18 Å². The minimum absolute atomic E-state index is 0. The van der Waals surface area contributed by atoms with Crippen molar-refractivity contribution in [2.24, 2.45) is 4.99 Å². The van der Waals surface area contributed by atoms with E-state index in [0.29, 0.717) is 37.1 Å². The van der Waals surface area contributed by atoms with Gasteiger partial charge in [-0.2, -0.15) is 0 Å². The summed E-state index contributed by atoms with van der Waals surface area (Å²) in [4.78, 5) is 22.2. The van der Waals surface area contributed by atoms with Crippen LogP contribution in [0.1, 0.15) is 24.0 Å². The zero-order valence-electron chi connectivity index (χ0n) is 18.8. The summed E-state index contributed by atoms with van der Waals surface area (Å²) in [6.07, 6.45) is 3.25. The smallest absolute Gasteiger partial charge is 0.227 e. The lowest BCUT2D eigenvalue weighted by Crippen LogP contribution is -2.36. The molecule has 3 aromatic rings.